The number of nitrogens with two attached hydrogens (primary N) is 1. The number of carbonyl (C=O) groups excluding carboxylic acids is 1. The number of benzene rings is 1. The van der Waals surface area contributed by atoms with E-state index in [0.717, 1.165) is 42.4 Å². The van der Waals surface area contributed by atoms with Gasteiger partial charge in [0, 0.05) is 24.2 Å². The summed E-state index contributed by atoms with van der Waals surface area (Å²) in [6, 6.07) is 13.6. The lowest BCUT2D eigenvalue weighted by Gasteiger charge is -2.33. The number of anilines is 3. The van der Waals surface area contributed by atoms with Crippen LogP contribution in [0, 0.1) is 5.41 Å². The number of carbonyl (C=O) groups is 1. The molecule has 6 nitrogen and oxygen atoms in total. The fourth-order valence-electron chi connectivity index (χ4n) is 4.66. The van der Waals surface area contributed by atoms with Gasteiger partial charge in [-0.15, -0.1) is 11.3 Å². The standard InChI is InChI=1S/C24H27N5OS/c25-19-5-3-17(21-2-1-13-31-21)14-20(19)28-23(30)18-4-6-22(27-15-18)29-12-9-24(16-29)7-10-26-11-8-24/h1-6,13-15,26H,7-12,16,25H2,(H,28,30). The van der Waals surface area contributed by atoms with Crippen LogP contribution in [0.25, 0.3) is 10.4 Å². The molecule has 31 heavy (non-hydrogen) atoms. The van der Waals surface area contributed by atoms with Crippen molar-refractivity contribution >= 4 is 34.4 Å². The molecule has 0 saturated carbocycles. The van der Waals surface area contributed by atoms with Crippen LogP contribution in [0.1, 0.15) is 29.6 Å². The van der Waals surface area contributed by atoms with Crippen LogP contribution in [0.15, 0.2) is 54.0 Å². The topological polar surface area (TPSA) is 83.3 Å². The Morgan fingerprint density at radius 2 is 2.03 bits per heavy atom. The quantitative estimate of drug-likeness (QED) is 0.537. The molecule has 4 heterocycles. The van der Waals surface area contributed by atoms with Crippen molar-refractivity contribution in [3.8, 4) is 10.4 Å². The molecule has 2 aliphatic rings. The predicted octanol–water partition coefficient (Wildman–Crippen LogP) is 4.22. The third-order valence-corrected chi connectivity index (χ3v) is 7.46. The molecule has 1 spiro atoms. The first-order chi connectivity index (χ1) is 15.1. The van der Waals surface area contributed by atoms with Crippen molar-refractivity contribution in [2.75, 3.05) is 42.1 Å². The molecule has 0 unspecified atom stereocenters. The monoisotopic (exact) mass is 433 g/mol. The van der Waals surface area contributed by atoms with Gasteiger partial charge < -0.3 is 21.3 Å². The zero-order valence-corrected chi connectivity index (χ0v) is 18.3. The number of hydrogen-bond acceptors (Lipinski definition) is 6. The molecule has 0 radical (unpaired) electrons. The molecular weight excluding hydrogens is 406 g/mol. The summed E-state index contributed by atoms with van der Waals surface area (Å²) < 4.78 is 0. The maximum atomic E-state index is 12.8. The highest BCUT2D eigenvalue weighted by atomic mass is 32.1. The third kappa shape index (κ3) is 4.16. The maximum absolute atomic E-state index is 12.8. The van der Waals surface area contributed by atoms with Gasteiger partial charge in [-0.1, -0.05) is 12.1 Å². The van der Waals surface area contributed by atoms with Gasteiger partial charge in [-0.2, -0.15) is 0 Å². The average Bonchev–Trinajstić information content (AvgIpc) is 3.47. The third-order valence-electron chi connectivity index (χ3n) is 6.54. The number of nitrogens with zero attached hydrogens (tertiary/aromatic N) is 2. The van der Waals surface area contributed by atoms with Gasteiger partial charge in [0.1, 0.15) is 5.82 Å². The van der Waals surface area contributed by atoms with Gasteiger partial charge in [-0.25, -0.2) is 4.98 Å². The van der Waals surface area contributed by atoms with Gasteiger partial charge in [0.25, 0.3) is 5.91 Å². The molecule has 0 atom stereocenters. The zero-order chi connectivity index (χ0) is 21.3. The second-order valence-electron chi connectivity index (χ2n) is 8.56. The fraction of sp³-hybridized carbons (Fsp3) is 0.333. The summed E-state index contributed by atoms with van der Waals surface area (Å²) in [7, 11) is 0. The minimum absolute atomic E-state index is 0.203. The first kappa shape index (κ1) is 20.0. The fourth-order valence-corrected chi connectivity index (χ4v) is 5.38. The van der Waals surface area contributed by atoms with Crippen LogP contribution < -0.4 is 21.3 Å². The van der Waals surface area contributed by atoms with E-state index in [-0.39, 0.29) is 5.91 Å². The van der Waals surface area contributed by atoms with E-state index < -0.39 is 0 Å². The van der Waals surface area contributed by atoms with E-state index in [1.54, 1.807) is 17.5 Å². The van der Waals surface area contributed by atoms with Crippen molar-refractivity contribution in [3.05, 3.63) is 59.6 Å². The van der Waals surface area contributed by atoms with Gasteiger partial charge in [-0.05, 0) is 79.0 Å². The Bertz CT molecular complexity index is 1060. The molecule has 4 N–H and O–H groups in total. The summed E-state index contributed by atoms with van der Waals surface area (Å²) in [6.07, 6.45) is 5.35. The molecular formula is C24H27N5OS. The molecule has 1 amide bonds. The highest BCUT2D eigenvalue weighted by Crippen LogP contribution is 2.40. The van der Waals surface area contributed by atoms with E-state index in [1.165, 1.54) is 19.3 Å². The molecule has 0 bridgehead atoms. The Balaban J connectivity index is 1.27. The average molecular weight is 434 g/mol. The number of piperidine rings is 1. The zero-order valence-electron chi connectivity index (χ0n) is 17.4. The van der Waals surface area contributed by atoms with Gasteiger partial charge in [-0.3, -0.25) is 4.79 Å². The number of rotatable bonds is 4. The van der Waals surface area contributed by atoms with Crippen molar-refractivity contribution in [2.24, 2.45) is 5.41 Å². The van der Waals surface area contributed by atoms with Crippen molar-refractivity contribution in [2.45, 2.75) is 19.3 Å². The van der Waals surface area contributed by atoms with Crippen LogP contribution in [-0.2, 0) is 0 Å². The lowest BCUT2D eigenvalue weighted by Crippen LogP contribution is -2.38. The van der Waals surface area contributed by atoms with Gasteiger partial charge in [0.2, 0.25) is 0 Å². The number of amides is 1. The summed E-state index contributed by atoms with van der Waals surface area (Å²) in [5.41, 5.74) is 9.26. The van der Waals surface area contributed by atoms with Crippen LogP contribution >= 0.6 is 11.3 Å². The first-order valence-corrected chi connectivity index (χ1v) is 11.7. The molecule has 3 aromatic rings. The number of aromatic nitrogens is 1. The molecule has 2 aromatic heterocycles. The van der Waals surface area contributed by atoms with Crippen molar-refractivity contribution < 1.29 is 4.79 Å². The van der Waals surface area contributed by atoms with Crippen molar-refractivity contribution in [3.63, 3.8) is 0 Å². The molecule has 2 saturated heterocycles. The van der Waals surface area contributed by atoms with E-state index in [2.05, 4.69) is 26.6 Å². The summed E-state index contributed by atoms with van der Waals surface area (Å²) in [6.45, 7) is 4.30. The second-order valence-corrected chi connectivity index (χ2v) is 9.51. The summed E-state index contributed by atoms with van der Waals surface area (Å²) in [5, 5.41) is 8.44. The second kappa shape index (κ2) is 8.32. The van der Waals surface area contributed by atoms with Gasteiger partial charge >= 0.3 is 0 Å². The Morgan fingerprint density at radius 1 is 1.16 bits per heavy atom. The Labute approximate surface area is 186 Å². The molecule has 1 aromatic carbocycles. The maximum Gasteiger partial charge on any atom is 0.257 e. The van der Waals surface area contributed by atoms with Crippen molar-refractivity contribution in [1.82, 2.24) is 10.3 Å². The summed E-state index contributed by atoms with van der Waals surface area (Å²) in [5.74, 6) is 0.747. The van der Waals surface area contributed by atoms with E-state index in [0.29, 0.717) is 22.4 Å². The molecule has 2 fully saturated rings. The number of pyridine rings is 1. The SMILES string of the molecule is Nc1ccc(-c2cccs2)cc1NC(=O)c1ccc(N2CCC3(CCNCC3)C2)nc1. The number of nitrogen functional groups attached to an aromatic ring is 1. The Hall–Kier alpha value is -2.90. The highest BCUT2D eigenvalue weighted by molar-refractivity contribution is 7.13. The van der Waals surface area contributed by atoms with E-state index in [1.807, 2.05) is 41.8 Å². The number of thiophene rings is 1. The molecule has 2 aliphatic heterocycles. The largest absolute Gasteiger partial charge is 0.397 e. The summed E-state index contributed by atoms with van der Waals surface area (Å²) in [4.78, 5) is 20.9. The van der Waals surface area contributed by atoms with Crippen LogP contribution in [0.2, 0.25) is 0 Å². The number of hydrogen-bond donors (Lipinski definition) is 3. The minimum atomic E-state index is -0.203. The summed E-state index contributed by atoms with van der Waals surface area (Å²) >= 11 is 1.66. The smallest absolute Gasteiger partial charge is 0.257 e. The predicted molar refractivity (Wildman–Crippen MR) is 128 cm³/mol. The van der Waals surface area contributed by atoms with Crippen LogP contribution in [0.3, 0.4) is 0 Å². The van der Waals surface area contributed by atoms with Crippen LogP contribution in [-0.4, -0.2) is 37.1 Å². The molecule has 5 rings (SSSR count). The molecule has 160 valence electrons. The molecule has 7 heteroatoms. The van der Waals surface area contributed by atoms with Gasteiger partial charge in [0.15, 0.2) is 0 Å². The van der Waals surface area contributed by atoms with Crippen LogP contribution in [0.5, 0.6) is 0 Å². The molecule has 0 aliphatic carbocycles. The Morgan fingerprint density at radius 3 is 2.77 bits per heavy atom. The number of nitrogens with one attached hydrogen (secondary N) is 2. The highest BCUT2D eigenvalue weighted by Gasteiger charge is 2.39. The van der Waals surface area contributed by atoms with Gasteiger partial charge in [0.05, 0.1) is 16.9 Å². The van der Waals surface area contributed by atoms with Crippen molar-refractivity contribution in [1.29, 1.82) is 0 Å². The minimum Gasteiger partial charge on any atom is -0.397 e. The lowest BCUT2D eigenvalue weighted by molar-refractivity contribution is 0.102. The lowest BCUT2D eigenvalue weighted by atomic mass is 9.78. The Kier molecular flexibility index (Phi) is 5.38. The first-order valence-electron chi connectivity index (χ1n) is 10.8. The van der Waals surface area contributed by atoms with E-state index in [9.17, 15) is 4.79 Å². The van der Waals surface area contributed by atoms with Crippen LogP contribution in [0.4, 0.5) is 17.2 Å². The van der Waals surface area contributed by atoms with E-state index in [4.69, 9.17) is 5.73 Å². The normalized spacial score (nSPS) is 17.7. The van der Waals surface area contributed by atoms with E-state index >= 15 is 0 Å².